The summed E-state index contributed by atoms with van der Waals surface area (Å²) in [6.07, 6.45) is 13.3. The zero-order valence-electron chi connectivity index (χ0n) is 14.2. The van der Waals surface area contributed by atoms with Crippen molar-refractivity contribution < 1.29 is 49.0 Å². The Bertz CT molecular complexity index is 339. The molecule has 0 aliphatic carbocycles. The van der Waals surface area contributed by atoms with E-state index in [1.807, 2.05) is 12.4 Å². The molecule has 5 nitrogen and oxygen atoms in total. The van der Waals surface area contributed by atoms with E-state index in [-0.39, 0.29) is 53.4 Å². The first kappa shape index (κ1) is 21.9. The molecule has 0 aromatic rings. The van der Waals surface area contributed by atoms with Crippen molar-refractivity contribution in [1.29, 1.82) is 0 Å². The number of carboxylic acids is 1. The number of rotatable bonds is 12. The Hall–Kier alpha value is -0.0700. The number of aliphatic carboxylic acids is 1. The second kappa shape index (κ2) is 12.4. The van der Waals surface area contributed by atoms with Gasteiger partial charge in [0.25, 0.3) is 0 Å². The normalized spacial score (nSPS) is 23.1. The molecule has 1 heterocycles. The maximum Gasteiger partial charge on any atom is 1.00 e. The van der Waals surface area contributed by atoms with E-state index in [9.17, 15) is 15.0 Å². The van der Waals surface area contributed by atoms with Gasteiger partial charge < -0.3 is 20.3 Å². The van der Waals surface area contributed by atoms with Gasteiger partial charge in [0.2, 0.25) is 0 Å². The smallest absolute Gasteiger partial charge is 0.544 e. The van der Waals surface area contributed by atoms with Gasteiger partial charge in [0.05, 0.1) is 18.8 Å². The summed E-state index contributed by atoms with van der Waals surface area (Å²) >= 11 is 0. The molecule has 0 spiro atoms. The van der Waals surface area contributed by atoms with Crippen LogP contribution in [-0.4, -0.2) is 41.4 Å². The van der Waals surface area contributed by atoms with Gasteiger partial charge in [-0.2, -0.15) is 0 Å². The van der Waals surface area contributed by atoms with E-state index in [0.717, 1.165) is 12.8 Å². The van der Waals surface area contributed by atoms with Crippen molar-refractivity contribution in [1.82, 2.24) is 5.32 Å². The first-order chi connectivity index (χ1) is 10.1. The molecule has 0 bridgehead atoms. The molecule has 22 heavy (non-hydrogen) atoms. The van der Waals surface area contributed by atoms with Crippen LogP contribution in [0.2, 0.25) is 0 Å². The second-order valence-electron chi connectivity index (χ2n) is 5.99. The number of aliphatic hydroxyl groups is 1. The van der Waals surface area contributed by atoms with Gasteiger partial charge in [0.1, 0.15) is 19.3 Å². The number of carbonyl (C=O) groups is 1. The Labute approximate surface area is 156 Å². The average molecular weight is 321 g/mol. The zero-order valence-corrected chi connectivity index (χ0v) is 16.2. The van der Waals surface area contributed by atoms with Crippen molar-refractivity contribution in [2.45, 2.75) is 64.5 Å². The summed E-state index contributed by atoms with van der Waals surface area (Å²) in [5.41, 5.74) is 0. The Balaban J connectivity index is 0.00000441. The summed E-state index contributed by atoms with van der Waals surface area (Å²) in [6, 6.07) is 0. The number of nitrogens with zero attached hydrogens (tertiary/aromatic N) is 1. The maximum atomic E-state index is 11.0. The fraction of sp³-hybridized carbons (Fsp3) is 0.812. The standard InChI is InChI=1S/C16H30N2O3.Na/c1-2-3-4-5-6-7-8-9-15-17-10-11-18(15,12-13-19)14-16(20)21;/h10-11,15,17,19H,2-9,12-14H2,1H3;/q;+1. The van der Waals surface area contributed by atoms with Crippen LogP contribution in [0, 0.1) is 0 Å². The van der Waals surface area contributed by atoms with E-state index >= 15 is 0 Å². The molecule has 2 atom stereocenters. The first-order valence-electron chi connectivity index (χ1n) is 8.25. The van der Waals surface area contributed by atoms with Crippen LogP contribution in [0.4, 0.5) is 0 Å². The third kappa shape index (κ3) is 7.47. The minimum atomic E-state index is -1.07. The van der Waals surface area contributed by atoms with Crippen LogP contribution >= 0.6 is 0 Å². The summed E-state index contributed by atoms with van der Waals surface area (Å²) in [4.78, 5) is 11.0. The first-order valence-corrected chi connectivity index (χ1v) is 8.25. The molecule has 1 aliphatic heterocycles. The molecule has 0 saturated carbocycles. The quantitative estimate of drug-likeness (QED) is 0.250. The van der Waals surface area contributed by atoms with E-state index in [1.54, 1.807) is 0 Å². The Morgan fingerprint density at radius 3 is 2.45 bits per heavy atom. The van der Waals surface area contributed by atoms with Gasteiger partial charge in [0.15, 0.2) is 6.17 Å². The van der Waals surface area contributed by atoms with E-state index in [1.165, 1.54) is 38.5 Å². The van der Waals surface area contributed by atoms with Crippen molar-refractivity contribution in [3.05, 3.63) is 12.4 Å². The summed E-state index contributed by atoms with van der Waals surface area (Å²) in [6.45, 7) is 2.53. The number of hydrogen-bond acceptors (Lipinski definition) is 4. The van der Waals surface area contributed by atoms with Crippen LogP contribution in [0.25, 0.3) is 0 Å². The number of hydrogen-bond donors (Lipinski definition) is 2. The fourth-order valence-electron chi connectivity index (χ4n) is 3.09. The van der Waals surface area contributed by atoms with Crippen molar-refractivity contribution >= 4 is 5.97 Å². The predicted octanol–water partition coefficient (Wildman–Crippen LogP) is -1.91. The van der Waals surface area contributed by atoms with Gasteiger partial charge in [-0.05, 0) is 6.42 Å². The molecular formula is C16H30N2NaO3+. The van der Waals surface area contributed by atoms with E-state index in [0.29, 0.717) is 6.54 Å². The largest absolute Gasteiger partial charge is 1.00 e. The molecule has 0 aromatic heterocycles. The van der Waals surface area contributed by atoms with Crippen molar-refractivity contribution in [3.8, 4) is 0 Å². The van der Waals surface area contributed by atoms with Crippen molar-refractivity contribution in [2.24, 2.45) is 0 Å². The topological polar surface area (TPSA) is 72.4 Å². The molecule has 0 aromatic carbocycles. The molecule has 0 radical (unpaired) electrons. The zero-order chi connectivity index (χ0) is 15.6. The van der Waals surface area contributed by atoms with Gasteiger partial charge in [-0.25, -0.2) is 0 Å². The molecule has 1 aliphatic rings. The van der Waals surface area contributed by atoms with Gasteiger partial charge >= 0.3 is 29.6 Å². The second-order valence-corrected chi connectivity index (χ2v) is 5.99. The van der Waals surface area contributed by atoms with Crippen molar-refractivity contribution in [2.75, 3.05) is 19.7 Å². The monoisotopic (exact) mass is 321 g/mol. The average Bonchev–Trinajstić information content (AvgIpc) is 2.80. The van der Waals surface area contributed by atoms with Crippen LogP contribution in [0.3, 0.4) is 0 Å². The summed E-state index contributed by atoms with van der Waals surface area (Å²) < 4.78 is 0.259. The van der Waals surface area contributed by atoms with Crippen LogP contribution in [0.15, 0.2) is 12.4 Å². The third-order valence-corrected chi connectivity index (χ3v) is 4.30. The molecule has 1 rings (SSSR count). The molecule has 2 unspecified atom stereocenters. The molecule has 6 heteroatoms. The molecule has 122 valence electrons. The fourth-order valence-corrected chi connectivity index (χ4v) is 3.09. The molecule has 0 saturated heterocycles. The number of carboxylic acid groups (broad SMARTS) is 1. The van der Waals surface area contributed by atoms with E-state index in [2.05, 4.69) is 12.2 Å². The van der Waals surface area contributed by atoms with Crippen LogP contribution in [0.5, 0.6) is 0 Å². The van der Waals surface area contributed by atoms with E-state index in [4.69, 9.17) is 0 Å². The Kier molecular flexibility index (Phi) is 12.3. The molecule has 2 N–H and O–H groups in total. The summed E-state index contributed by atoms with van der Waals surface area (Å²) in [5, 5.41) is 23.4. The minimum Gasteiger partial charge on any atom is -0.544 e. The van der Waals surface area contributed by atoms with Crippen LogP contribution in [-0.2, 0) is 4.79 Å². The molecule has 0 amide bonds. The number of carbonyl (C=O) groups excluding carboxylic acids is 1. The molecule has 0 fully saturated rings. The summed E-state index contributed by atoms with van der Waals surface area (Å²) in [5.74, 6) is -1.07. The number of nitrogens with one attached hydrogen (secondary N) is 1. The van der Waals surface area contributed by atoms with Crippen molar-refractivity contribution in [3.63, 3.8) is 0 Å². The van der Waals surface area contributed by atoms with Gasteiger partial charge in [-0.15, -0.1) is 0 Å². The van der Waals surface area contributed by atoms with Crippen LogP contribution in [0.1, 0.15) is 58.3 Å². The van der Waals surface area contributed by atoms with Crippen LogP contribution < -0.4 is 40.0 Å². The summed E-state index contributed by atoms with van der Waals surface area (Å²) in [7, 11) is 0. The maximum absolute atomic E-state index is 11.0. The number of unbranched alkanes of at least 4 members (excludes halogenated alkanes) is 6. The predicted molar refractivity (Wildman–Crippen MR) is 80.8 cm³/mol. The number of quaternary nitrogens is 1. The number of aliphatic hydroxyl groups excluding tert-OH is 1. The third-order valence-electron chi connectivity index (χ3n) is 4.30. The van der Waals surface area contributed by atoms with E-state index < -0.39 is 5.97 Å². The molecular weight excluding hydrogens is 291 g/mol. The SMILES string of the molecule is CCCCCCCCCC1NC=C[N+]1(CCO)CC(=O)[O-].[Na+]. The Morgan fingerprint density at radius 1 is 1.23 bits per heavy atom. The Morgan fingerprint density at radius 2 is 1.86 bits per heavy atom. The minimum absolute atomic E-state index is 0. The van der Waals surface area contributed by atoms with Gasteiger partial charge in [-0.1, -0.05) is 45.4 Å². The van der Waals surface area contributed by atoms with Gasteiger partial charge in [-0.3, -0.25) is 4.48 Å². The van der Waals surface area contributed by atoms with Gasteiger partial charge in [0, 0.05) is 6.42 Å².